The van der Waals surface area contributed by atoms with Gasteiger partial charge in [-0.2, -0.15) is 0 Å². The summed E-state index contributed by atoms with van der Waals surface area (Å²) in [7, 11) is -3.62. The van der Waals surface area contributed by atoms with E-state index < -0.39 is 10.0 Å². The highest BCUT2D eigenvalue weighted by Gasteiger charge is 2.12. The fourth-order valence-corrected chi connectivity index (χ4v) is 3.05. The van der Waals surface area contributed by atoms with Crippen molar-refractivity contribution in [2.45, 2.75) is 27.6 Å². The molecule has 1 atom stereocenters. The van der Waals surface area contributed by atoms with Crippen molar-refractivity contribution < 1.29 is 13.5 Å². The van der Waals surface area contributed by atoms with Crippen LogP contribution in [0.3, 0.4) is 0 Å². The van der Waals surface area contributed by atoms with Crippen molar-refractivity contribution in [1.82, 2.24) is 4.98 Å². The molecule has 1 unspecified atom stereocenters. The molecular weight excluding hydrogens is 351 g/mol. The molecule has 1 aromatic heterocycles. The van der Waals surface area contributed by atoms with Crippen molar-refractivity contribution in [2.75, 3.05) is 0 Å². The molecular formula is C7H11IN2O3S2. The van der Waals surface area contributed by atoms with Crippen LogP contribution in [0.4, 0.5) is 0 Å². The van der Waals surface area contributed by atoms with E-state index in [1.165, 1.54) is 6.20 Å². The van der Waals surface area contributed by atoms with Crippen LogP contribution in [-0.2, 0) is 16.4 Å². The average molecular weight is 362 g/mol. The number of aliphatic hydroxyl groups excluding tert-OH is 1. The summed E-state index contributed by atoms with van der Waals surface area (Å²) in [5.41, 5.74) is 0. The van der Waals surface area contributed by atoms with Gasteiger partial charge in [-0.25, -0.2) is 18.5 Å². The SMILES string of the molecule is NS(=O)(=O)c1cnc(CCCC(O)I)s1. The molecule has 8 heteroatoms. The predicted molar refractivity (Wildman–Crippen MR) is 66.5 cm³/mol. The Balaban J connectivity index is 2.54. The number of nitrogens with two attached hydrogens (primary N) is 1. The Bertz CT molecular complexity index is 416. The highest BCUT2D eigenvalue weighted by Crippen LogP contribution is 2.19. The Hall–Kier alpha value is 0.230. The van der Waals surface area contributed by atoms with Gasteiger partial charge in [0.1, 0.15) is 4.11 Å². The maximum absolute atomic E-state index is 10.9. The van der Waals surface area contributed by atoms with Gasteiger partial charge in [0.15, 0.2) is 4.21 Å². The summed E-state index contributed by atoms with van der Waals surface area (Å²) >= 11 is 3.01. The molecule has 3 N–H and O–H groups in total. The number of primary sulfonamides is 1. The van der Waals surface area contributed by atoms with Gasteiger partial charge >= 0.3 is 0 Å². The Morgan fingerprint density at radius 3 is 2.80 bits per heavy atom. The molecule has 0 aliphatic rings. The molecule has 0 spiro atoms. The summed E-state index contributed by atoms with van der Waals surface area (Å²) in [4.78, 5) is 3.95. The van der Waals surface area contributed by atoms with Gasteiger partial charge in [0.25, 0.3) is 0 Å². The summed E-state index contributed by atoms with van der Waals surface area (Å²) in [5, 5.41) is 14.7. The van der Waals surface area contributed by atoms with Gasteiger partial charge < -0.3 is 5.11 Å². The van der Waals surface area contributed by atoms with Crippen LogP contribution < -0.4 is 5.14 Å². The smallest absolute Gasteiger partial charge is 0.249 e. The van der Waals surface area contributed by atoms with Crippen LogP contribution in [0.25, 0.3) is 0 Å². The van der Waals surface area contributed by atoms with Gasteiger partial charge in [-0.15, -0.1) is 11.3 Å². The lowest BCUT2D eigenvalue weighted by Gasteiger charge is -1.99. The molecule has 0 fully saturated rings. The van der Waals surface area contributed by atoms with Crippen LogP contribution in [0.5, 0.6) is 0 Å². The molecule has 15 heavy (non-hydrogen) atoms. The number of alkyl halides is 1. The van der Waals surface area contributed by atoms with E-state index in [1.807, 2.05) is 22.6 Å². The van der Waals surface area contributed by atoms with Gasteiger partial charge in [0.2, 0.25) is 10.0 Å². The van der Waals surface area contributed by atoms with E-state index in [0.29, 0.717) is 12.8 Å². The van der Waals surface area contributed by atoms with Crippen LogP contribution in [0.1, 0.15) is 17.8 Å². The van der Waals surface area contributed by atoms with E-state index in [1.54, 1.807) is 0 Å². The molecule has 1 rings (SSSR count). The molecule has 0 saturated carbocycles. The minimum atomic E-state index is -3.62. The Morgan fingerprint density at radius 2 is 2.33 bits per heavy atom. The third-order valence-corrected chi connectivity index (χ3v) is 4.73. The molecule has 1 aromatic rings. The predicted octanol–water partition coefficient (Wildman–Crippen LogP) is 0.867. The lowest BCUT2D eigenvalue weighted by Crippen LogP contribution is -2.09. The maximum atomic E-state index is 10.9. The topological polar surface area (TPSA) is 93.3 Å². The van der Waals surface area contributed by atoms with E-state index in [0.717, 1.165) is 22.8 Å². The quantitative estimate of drug-likeness (QED) is 0.600. The molecule has 0 amide bonds. The van der Waals surface area contributed by atoms with Crippen molar-refractivity contribution in [3.05, 3.63) is 11.2 Å². The van der Waals surface area contributed by atoms with E-state index in [2.05, 4.69) is 4.98 Å². The Morgan fingerprint density at radius 1 is 1.67 bits per heavy atom. The standard InChI is InChI=1S/C7H11IN2O3S2/c8-5(11)2-1-3-6-10-4-7(14-6)15(9,12)13/h4-5,11H,1-3H2,(H2,9,12,13). The van der Waals surface area contributed by atoms with Crippen LogP contribution in [0.2, 0.25) is 0 Å². The van der Waals surface area contributed by atoms with Crippen molar-refractivity contribution >= 4 is 44.0 Å². The van der Waals surface area contributed by atoms with Crippen LogP contribution in [0.15, 0.2) is 10.4 Å². The van der Waals surface area contributed by atoms with Crippen molar-refractivity contribution in [2.24, 2.45) is 5.14 Å². The summed E-state index contributed by atoms with van der Waals surface area (Å²) in [6, 6.07) is 0. The van der Waals surface area contributed by atoms with Crippen molar-refractivity contribution in [3.63, 3.8) is 0 Å². The molecule has 86 valence electrons. The van der Waals surface area contributed by atoms with Gasteiger partial charge in [-0.05, 0) is 19.3 Å². The van der Waals surface area contributed by atoms with E-state index in [4.69, 9.17) is 10.2 Å². The minimum absolute atomic E-state index is 0.0903. The minimum Gasteiger partial charge on any atom is -0.383 e. The number of aliphatic hydroxyl groups is 1. The molecule has 0 saturated heterocycles. The molecule has 0 aromatic carbocycles. The van der Waals surface area contributed by atoms with Crippen LogP contribution in [-0.4, -0.2) is 22.6 Å². The van der Waals surface area contributed by atoms with Gasteiger partial charge in [-0.3, -0.25) is 0 Å². The first-order valence-electron chi connectivity index (χ1n) is 4.19. The van der Waals surface area contributed by atoms with Gasteiger partial charge in [0.05, 0.1) is 11.2 Å². The highest BCUT2D eigenvalue weighted by molar-refractivity contribution is 14.1. The van der Waals surface area contributed by atoms with Crippen LogP contribution in [0, 0.1) is 0 Å². The summed E-state index contributed by atoms with van der Waals surface area (Å²) in [5.74, 6) is 0. The largest absolute Gasteiger partial charge is 0.383 e. The third-order valence-electron chi connectivity index (χ3n) is 1.65. The number of sulfonamides is 1. The third kappa shape index (κ3) is 4.72. The Labute approximate surface area is 106 Å². The average Bonchev–Trinajstić information content (AvgIpc) is 2.51. The molecule has 0 bridgehead atoms. The number of hydrogen-bond acceptors (Lipinski definition) is 5. The number of halogens is 1. The zero-order valence-electron chi connectivity index (χ0n) is 7.76. The molecule has 1 heterocycles. The fourth-order valence-electron chi connectivity index (χ4n) is 0.962. The number of rotatable bonds is 5. The summed E-state index contributed by atoms with van der Waals surface area (Å²) in [6.45, 7) is 0. The first kappa shape index (κ1) is 13.3. The number of aryl methyl sites for hydroxylation is 1. The molecule has 0 aliphatic carbocycles. The number of aromatic nitrogens is 1. The van der Waals surface area contributed by atoms with E-state index >= 15 is 0 Å². The van der Waals surface area contributed by atoms with Gasteiger partial charge in [0, 0.05) is 0 Å². The van der Waals surface area contributed by atoms with E-state index in [-0.39, 0.29) is 8.32 Å². The maximum Gasteiger partial charge on any atom is 0.249 e. The molecule has 5 nitrogen and oxygen atoms in total. The fraction of sp³-hybridized carbons (Fsp3) is 0.571. The second kappa shape index (κ2) is 5.53. The second-order valence-corrected chi connectivity index (χ2v) is 7.29. The normalized spacial score (nSPS) is 14.1. The van der Waals surface area contributed by atoms with Crippen molar-refractivity contribution in [3.8, 4) is 0 Å². The highest BCUT2D eigenvalue weighted by atomic mass is 127. The molecule has 0 aliphatic heterocycles. The zero-order valence-corrected chi connectivity index (χ0v) is 11.5. The lowest BCUT2D eigenvalue weighted by atomic mass is 10.2. The van der Waals surface area contributed by atoms with E-state index in [9.17, 15) is 8.42 Å². The molecule has 0 radical (unpaired) electrons. The van der Waals surface area contributed by atoms with Gasteiger partial charge in [-0.1, -0.05) is 22.6 Å². The second-order valence-electron chi connectivity index (χ2n) is 2.94. The Kier molecular flexibility index (Phi) is 4.90. The summed E-state index contributed by atoms with van der Waals surface area (Å²) in [6.07, 6.45) is 3.39. The van der Waals surface area contributed by atoms with Crippen molar-refractivity contribution in [1.29, 1.82) is 0 Å². The number of thiazole rings is 1. The number of nitrogens with zero attached hydrogens (tertiary/aromatic N) is 1. The lowest BCUT2D eigenvalue weighted by molar-refractivity contribution is 0.265. The zero-order chi connectivity index (χ0) is 11.5. The first-order valence-corrected chi connectivity index (χ1v) is 7.80. The monoisotopic (exact) mass is 362 g/mol. The summed E-state index contributed by atoms with van der Waals surface area (Å²) < 4.78 is 21.6. The number of hydrogen-bond donors (Lipinski definition) is 2. The van der Waals surface area contributed by atoms with Crippen LogP contribution >= 0.6 is 33.9 Å². The first-order chi connectivity index (χ1) is 6.89.